The number of allylic oxidation sites excluding steroid dienone is 2. The third-order valence-electron chi connectivity index (χ3n) is 7.11. The Hall–Kier alpha value is -3.41. The maximum absolute atomic E-state index is 13.3. The maximum atomic E-state index is 13.3. The molecule has 6 nitrogen and oxygen atoms in total. The molecule has 2 saturated heterocycles. The van der Waals surface area contributed by atoms with Crippen molar-refractivity contribution in [2.45, 2.75) is 32.7 Å². The smallest absolute Gasteiger partial charge is 0.254 e. The van der Waals surface area contributed by atoms with Crippen molar-refractivity contribution >= 4 is 29.1 Å². The monoisotopic (exact) mass is 443 g/mol. The molecular weight excluding hydrogens is 414 g/mol. The van der Waals surface area contributed by atoms with Crippen molar-refractivity contribution < 1.29 is 14.4 Å². The first-order chi connectivity index (χ1) is 15.9. The van der Waals surface area contributed by atoms with Crippen LogP contribution in [0.25, 0.3) is 0 Å². The van der Waals surface area contributed by atoms with E-state index in [1.807, 2.05) is 17.1 Å². The van der Waals surface area contributed by atoms with E-state index in [0.717, 1.165) is 6.54 Å². The van der Waals surface area contributed by atoms with Crippen molar-refractivity contribution in [3.63, 3.8) is 0 Å². The van der Waals surface area contributed by atoms with Crippen LogP contribution in [0.5, 0.6) is 0 Å². The molecule has 170 valence electrons. The first kappa shape index (κ1) is 21.4. The van der Waals surface area contributed by atoms with E-state index in [-0.39, 0.29) is 35.6 Å². The van der Waals surface area contributed by atoms with Crippen molar-refractivity contribution in [1.29, 1.82) is 0 Å². The fourth-order valence-electron chi connectivity index (χ4n) is 5.35. The van der Waals surface area contributed by atoms with Gasteiger partial charge in [0.25, 0.3) is 5.91 Å². The molecule has 1 aliphatic carbocycles. The van der Waals surface area contributed by atoms with Crippen LogP contribution in [0.4, 0.5) is 11.4 Å². The molecule has 0 N–H and O–H groups in total. The molecule has 0 bridgehead atoms. The van der Waals surface area contributed by atoms with E-state index in [1.54, 1.807) is 24.3 Å². The highest BCUT2D eigenvalue weighted by atomic mass is 16.2. The van der Waals surface area contributed by atoms with E-state index in [1.165, 1.54) is 16.2 Å². The normalized spacial score (nSPS) is 24.9. The van der Waals surface area contributed by atoms with Gasteiger partial charge < -0.3 is 9.80 Å². The molecule has 5 rings (SSSR count). The van der Waals surface area contributed by atoms with Gasteiger partial charge >= 0.3 is 0 Å². The predicted molar refractivity (Wildman–Crippen MR) is 128 cm³/mol. The number of hydrogen-bond donors (Lipinski definition) is 0. The molecule has 2 aliphatic heterocycles. The van der Waals surface area contributed by atoms with Gasteiger partial charge in [-0.15, -0.1) is 0 Å². The van der Waals surface area contributed by atoms with Gasteiger partial charge in [0.05, 0.1) is 17.5 Å². The van der Waals surface area contributed by atoms with Crippen LogP contribution in [0, 0.1) is 18.8 Å². The molecular formula is C27H29N3O3. The molecule has 3 amide bonds. The minimum atomic E-state index is -0.280. The number of anilines is 2. The number of fused-ring (bicyclic) bond motifs is 1. The highest BCUT2D eigenvalue weighted by Crippen LogP contribution is 2.38. The lowest BCUT2D eigenvalue weighted by Crippen LogP contribution is -2.53. The second kappa shape index (κ2) is 8.50. The fourth-order valence-corrected chi connectivity index (χ4v) is 5.35. The third kappa shape index (κ3) is 3.84. The molecule has 0 spiro atoms. The summed E-state index contributed by atoms with van der Waals surface area (Å²) in [6, 6.07) is 15.6. The Labute approximate surface area is 194 Å². The standard InChI is InChI=1S/C27H29N3O3/c1-18-7-5-9-21(15-18)29-14-13-28(17-19(29)2)25(31)20-8-6-10-22(16-20)30-26(32)23-11-3-4-12-24(23)27(30)33/h3-10,15-16,19,23-24H,11-14,17H2,1-2H3/t19-,23+,24+/m0/s1. The largest absolute Gasteiger partial charge is 0.365 e. The molecule has 3 atom stereocenters. The molecule has 0 radical (unpaired) electrons. The highest BCUT2D eigenvalue weighted by Gasteiger charge is 2.47. The van der Waals surface area contributed by atoms with Gasteiger partial charge in [0.1, 0.15) is 0 Å². The summed E-state index contributed by atoms with van der Waals surface area (Å²) in [6.45, 7) is 6.22. The van der Waals surface area contributed by atoms with E-state index in [9.17, 15) is 14.4 Å². The Bertz CT molecular complexity index is 1110. The summed E-state index contributed by atoms with van der Waals surface area (Å²) in [4.78, 5) is 44.7. The quantitative estimate of drug-likeness (QED) is 0.535. The Morgan fingerprint density at radius 2 is 1.55 bits per heavy atom. The molecule has 2 aromatic carbocycles. The number of carbonyl (C=O) groups excluding carboxylic acids is 3. The van der Waals surface area contributed by atoms with Crippen molar-refractivity contribution in [3.05, 3.63) is 71.8 Å². The van der Waals surface area contributed by atoms with Gasteiger partial charge in [0.2, 0.25) is 11.8 Å². The van der Waals surface area contributed by atoms with Crippen molar-refractivity contribution in [3.8, 4) is 0 Å². The Kier molecular flexibility index (Phi) is 5.52. The Morgan fingerprint density at radius 3 is 2.21 bits per heavy atom. The average Bonchev–Trinajstić information content (AvgIpc) is 3.08. The van der Waals surface area contributed by atoms with Crippen LogP contribution in [0.3, 0.4) is 0 Å². The lowest BCUT2D eigenvalue weighted by atomic mass is 9.85. The molecule has 33 heavy (non-hydrogen) atoms. The van der Waals surface area contributed by atoms with E-state index < -0.39 is 0 Å². The van der Waals surface area contributed by atoms with Crippen LogP contribution in [0.1, 0.15) is 35.7 Å². The predicted octanol–water partition coefficient (Wildman–Crippen LogP) is 3.80. The summed E-state index contributed by atoms with van der Waals surface area (Å²) in [6.07, 6.45) is 5.17. The van der Waals surface area contributed by atoms with Gasteiger partial charge in [-0.2, -0.15) is 0 Å². The number of aryl methyl sites for hydroxylation is 1. The summed E-state index contributed by atoms with van der Waals surface area (Å²) in [5.41, 5.74) is 3.41. The highest BCUT2D eigenvalue weighted by molar-refractivity contribution is 6.22. The minimum absolute atomic E-state index is 0.0641. The van der Waals surface area contributed by atoms with Crippen LogP contribution < -0.4 is 9.80 Å². The van der Waals surface area contributed by atoms with E-state index in [0.29, 0.717) is 37.2 Å². The number of rotatable bonds is 3. The van der Waals surface area contributed by atoms with E-state index >= 15 is 0 Å². The molecule has 2 fully saturated rings. The topological polar surface area (TPSA) is 60.9 Å². The third-order valence-corrected chi connectivity index (χ3v) is 7.11. The zero-order valence-corrected chi connectivity index (χ0v) is 19.1. The Morgan fingerprint density at radius 1 is 0.879 bits per heavy atom. The van der Waals surface area contributed by atoms with Gasteiger partial charge in [-0.1, -0.05) is 30.4 Å². The average molecular weight is 444 g/mol. The minimum Gasteiger partial charge on any atom is -0.365 e. The SMILES string of the molecule is Cc1cccc(N2CCN(C(=O)c3cccc(N4C(=O)[C@@H]5CC=CC[C@H]5C4=O)c3)C[C@@H]2C)c1. The maximum Gasteiger partial charge on any atom is 0.254 e. The molecule has 0 saturated carbocycles. The van der Waals surface area contributed by atoms with E-state index in [4.69, 9.17) is 0 Å². The molecule has 2 heterocycles. The molecule has 0 aromatic heterocycles. The van der Waals surface area contributed by atoms with Gasteiger partial charge in [-0.3, -0.25) is 19.3 Å². The molecule has 6 heteroatoms. The number of amides is 3. The second-order valence-corrected chi connectivity index (χ2v) is 9.35. The van der Waals surface area contributed by atoms with Gasteiger partial charge in [0.15, 0.2) is 0 Å². The van der Waals surface area contributed by atoms with Gasteiger partial charge in [-0.25, -0.2) is 0 Å². The lowest BCUT2D eigenvalue weighted by Gasteiger charge is -2.41. The number of benzene rings is 2. The molecule has 3 aliphatic rings. The first-order valence-corrected chi connectivity index (χ1v) is 11.7. The van der Waals surface area contributed by atoms with E-state index in [2.05, 4.69) is 43.0 Å². The number of nitrogens with zero attached hydrogens (tertiary/aromatic N) is 3. The zero-order chi connectivity index (χ0) is 23.1. The second-order valence-electron chi connectivity index (χ2n) is 9.35. The van der Waals surface area contributed by atoms with Crippen LogP contribution in [-0.4, -0.2) is 48.3 Å². The summed E-state index contributed by atoms with van der Waals surface area (Å²) >= 11 is 0. The van der Waals surface area contributed by atoms with Crippen LogP contribution >= 0.6 is 0 Å². The summed E-state index contributed by atoms with van der Waals surface area (Å²) in [5, 5.41) is 0. The number of piperazine rings is 1. The summed E-state index contributed by atoms with van der Waals surface area (Å²) in [7, 11) is 0. The van der Waals surface area contributed by atoms with Crippen LogP contribution in [-0.2, 0) is 9.59 Å². The zero-order valence-electron chi connectivity index (χ0n) is 19.1. The van der Waals surface area contributed by atoms with Gasteiger partial charge in [-0.05, 0) is 62.6 Å². The fraction of sp³-hybridized carbons (Fsp3) is 0.370. The first-order valence-electron chi connectivity index (χ1n) is 11.7. The molecule has 0 unspecified atom stereocenters. The molecule has 2 aromatic rings. The van der Waals surface area contributed by atoms with Crippen molar-refractivity contribution in [1.82, 2.24) is 4.90 Å². The van der Waals surface area contributed by atoms with Crippen LogP contribution in [0.15, 0.2) is 60.7 Å². The number of hydrogen-bond acceptors (Lipinski definition) is 4. The lowest BCUT2D eigenvalue weighted by molar-refractivity contribution is -0.122. The van der Waals surface area contributed by atoms with Crippen LogP contribution in [0.2, 0.25) is 0 Å². The summed E-state index contributed by atoms with van der Waals surface area (Å²) < 4.78 is 0. The van der Waals surface area contributed by atoms with Crippen molar-refractivity contribution in [2.75, 3.05) is 29.4 Å². The number of carbonyl (C=O) groups is 3. The van der Waals surface area contributed by atoms with Crippen molar-refractivity contribution in [2.24, 2.45) is 11.8 Å². The number of imide groups is 1. The Balaban J connectivity index is 1.32. The summed E-state index contributed by atoms with van der Waals surface area (Å²) in [5.74, 6) is -0.931. The van der Waals surface area contributed by atoms with Gasteiger partial charge in [0, 0.05) is 36.9 Å².